The molecule has 0 unspecified atom stereocenters. The fourth-order valence-electron chi connectivity index (χ4n) is 1.52. The molecule has 0 fully saturated rings. The van der Waals surface area contributed by atoms with Gasteiger partial charge >= 0.3 is 0 Å². The van der Waals surface area contributed by atoms with Crippen molar-refractivity contribution in [2.24, 2.45) is 0 Å². The van der Waals surface area contributed by atoms with Crippen molar-refractivity contribution in [3.8, 4) is 0 Å². The van der Waals surface area contributed by atoms with E-state index in [0.29, 0.717) is 0 Å². The van der Waals surface area contributed by atoms with E-state index in [1.54, 1.807) is 0 Å². The van der Waals surface area contributed by atoms with Gasteiger partial charge in [0.15, 0.2) is 0 Å². The van der Waals surface area contributed by atoms with Gasteiger partial charge in [0, 0.05) is 17.2 Å². The molecule has 2 nitrogen and oxygen atoms in total. The Morgan fingerprint density at radius 3 is 2.83 bits per heavy atom. The highest BCUT2D eigenvalue weighted by atomic mass is 16.4. The van der Waals surface area contributed by atoms with E-state index in [4.69, 9.17) is 4.42 Å². The normalized spacial score (nSPS) is 18.6. The molecular formula is C10H13NO. The molecule has 0 saturated carbocycles. The fraction of sp³-hybridized carbons (Fsp3) is 0.400. The van der Waals surface area contributed by atoms with E-state index >= 15 is 0 Å². The van der Waals surface area contributed by atoms with Crippen molar-refractivity contribution in [1.82, 2.24) is 0 Å². The maximum atomic E-state index is 5.48. The summed E-state index contributed by atoms with van der Waals surface area (Å²) in [5, 5.41) is 3.09. The third kappa shape index (κ3) is 0.951. The number of anilines is 1. The molecule has 0 atom stereocenters. The van der Waals surface area contributed by atoms with Gasteiger partial charge in [-0.3, -0.25) is 0 Å². The van der Waals surface area contributed by atoms with E-state index in [-0.39, 0.29) is 5.41 Å². The first-order chi connectivity index (χ1) is 5.59. The molecule has 2 heteroatoms. The predicted molar refractivity (Wildman–Crippen MR) is 49.2 cm³/mol. The van der Waals surface area contributed by atoms with Crippen molar-refractivity contribution in [3.63, 3.8) is 0 Å². The highest BCUT2D eigenvalue weighted by molar-refractivity contribution is 5.54. The maximum absolute atomic E-state index is 5.48. The molecule has 0 radical (unpaired) electrons. The van der Waals surface area contributed by atoms with Crippen LogP contribution in [0.25, 0.3) is 0 Å². The van der Waals surface area contributed by atoms with Crippen LogP contribution in [0.2, 0.25) is 0 Å². The molecule has 0 spiro atoms. The van der Waals surface area contributed by atoms with Crippen molar-refractivity contribution in [3.05, 3.63) is 29.7 Å². The highest BCUT2D eigenvalue weighted by Crippen LogP contribution is 2.36. The second-order valence-electron chi connectivity index (χ2n) is 3.80. The fourth-order valence-corrected chi connectivity index (χ4v) is 1.52. The molecule has 0 bridgehead atoms. The van der Waals surface area contributed by atoms with Gasteiger partial charge in [0.1, 0.15) is 5.76 Å². The van der Waals surface area contributed by atoms with Crippen LogP contribution in [-0.2, 0) is 5.41 Å². The lowest BCUT2D eigenvalue weighted by Crippen LogP contribution is -2.18. The highest BCUT2D eigenvalue weighted by Gasteiger charge is 2.26. The minimum atomic E-state index is 0.0956. The first-order valence-electron chi connectivity index (χ1n) is 4.15. The van der Waals surface area contributed by atoms with E-state index < -0.39 is 0 Å². The zero-order valence-electron chi connectivity index (χ0n) is 7.64. The summed E-state index contributed by atoms with van der Waals surface area (Å²) < 4.78 is 5.48. The van der Waals surface area contributed by atoms with Gasteiger partial charge in [-0.15, -0.1) is 0 Å². The smallest absolute Gasteiger partial charge is 0.201 e. The Bertz CT molecular complexity index is 334. The maximum Gasteiger partial charge on any atom is 0.201 e. The predicted octanol–water partition coefficient (Wildman–Crippen LogP) is 2.80. The molecule has 2 rings (SSSR count). The average Bonchev–Trinajstić information content (AvgIpc) is 2.30. The molecule has 1 N–H and O–H groups in total. The molecule has 1 aliphatic rings. The molecule has 1 aliphatic heterocycles. The van der Waals surface area contributed by atoms with E-state index in [0.717, 1.165) is 11.6 Å². The van der Waals surface area contributed by atoms with Crippen molar-refractivity contribution < 1.29 is 4.42 Å². The first-order valence-corrected chi connectivity index (χ1v) is 4.15. The van der Waals surface area contributed by atoms with Gasteiger partial charge in [-0.05, 0) is 13.0 Å². The zero-order valence-corrected chi connectivity index (χ0v) is 7.64. The Kier molecular flexibility index (Phi) is 1.34. The Morgan fingerprint density at radius 1 is 1.42 bits per heavy atom. The number of rotatable bonds is 0. The van der Waals surface area contributed by atoms with Gasteiger partial charge < -0.3 is 9.73 Å². The van der Waals surface area contributed by atoms with Crippen LogP contribution in [0.4, 0.5) is 5.88 Å². The lowest BCUT2D eigenvalue weighted by molar-refractivity contribution is 0.539. The van der Waals surface area contributed by atoms with E-state index in [9.17, 15) is 0 Å². The van der Waals surface area contributed by atoms with E-state index in [1.807, 2.05) is 13.1 Å². The van der Waals surface area contributed by atoms with Gasteiger partial charge in [0.05, 0.1) is 0 Å². The number of hydrogen-bond acceptors (Lipinski definition) is 2. The summed E-state index contributed by atoms with van der Waals surface area (Å²) in [5.74, 6) is 1.85. The molecular weight excluding hydrogens is 150 g/mol. The third-order valence-electron chi connectivity index (χ3n) is 2.26. The molecule has 0 saturated heterocycles. The standard InChI is InChI=1S/C10H13NO/c1-7-6-8-9(12-7)11-5-4-10(8,2)3/h4-6,11H,1-3H3. The Labute approximate surface area is 72.3 Å². The minimum Gasteiger partial charge on any atom is -0.445 e. The number of hydrogen-bond donors (Lipinski definition) is 1. The van der Waals surface area contributed by atoms with Crippen molar-refractivity contribution >= 4 is 5.88 Å². The van der Waals surface area contributed by atoms with Crippen molar-refractivity contribution in [1.29, 1.82) is 0 Å². The number of allylic oxidation sites excluding steroid dienone is 1. The number of aryl methyl sites for hydroxylation is 1. The van der Waals surface area contributed by atoms with Crippen molar-refractivity contribution in [2.45, 2.75) is 26.2 Å². The van der Waals surface area contributed by atoms with Gasteiger partial charge in [-0.25, -0.2) is 0 Å². The van der Waals surface area contributed by atoms with Crippen LogP contribution >= 0.6 is 0 Å². The molecule has 12 heavy (non-hydrogen) atoms. The average molecular weight is 163 g/mol. The Balaban J connectivity index is 2.57. The van der Waals surface area contributed by atoms with Gasteiger partial charge in [-0.2, -0.15) is 0 Å². The molecule has 1 aromatic heterocycles. The largest absolute Gasteiger partial charge is 0.445 e. The van der Waals surface area contributed by atoms with Crippen LogP contribution < -0.4 is 5.32 Å². The molecule has 0 amide bonds. The lowest BCUT2D eigenvalue weighted by Gasteiger charge is -2.23. The summed E-state index contributed by atoms with van der Waals surface area (Å²) >= 11 is 0. The quantitative estimate of drug-likeness (QED) is 0.636. The Morgan fingerprint density at radius 2 is 2.17 bits per heavy atom. The van der Waals surface area contributed by atoms with E-state index in [2.05, 4.69) is 31.3 Å². The number of furan rings is 1. The second kappa shape index (κ2) is 2.16. The first kappa shape index (κ1) is 7.47. The topological polar surface area (TPSA) is 25.2 Å². The molecule has 0 aromatic carbocycles. The van der Waals surface area contributed by atoms with Crippen LogP contribution in [0.15, 0.2) is 22.8 Å². The van der Waals surface area contributed by atoms with Crippen LogP contribution in [0.5, 0.6) is 0 Å². The number of fused-ring (bicyclic) bond motifs is 1. The van der Waals surface area contributed by atoms with Gasteiger partial charge in [0.25, 0.3) is 0 Å². The summed E-state index contributed by atoms with van der Waals surface area (Å²) in [6, 6.07) is 2.09. The van der Waals surface area contributed by atoms with Crippen LogP contribution in [0, 0.1) is 6.92 Å². The molecule has 2 heterocycles. The van der Waals surface area contributed by atoms with Gasteiger partial charge in [0.2, 0.25) is 5.88 Å². The summed E-state index contributed by atoms with van der Waals surface area (Å²) in [5.41, 5.74) is 1.33. The summed E-state index contributed by atoms with van der Waals surface area (Å²) in [6.07, 6.45) is 4.08. The van der Waals surface area contributed by atoms with E-state index in [1.165, 1.54) is 5.56 Å². The minimum absolute atomic E-state index is 0.0956. The molecule has 64 valence electrons. The molecule has 1 aromatic rings. The monoisotopic (exact) mass is 163 g/mol. The summed E-state index contributed by atoms with van der Waals surface area (Å²) in [4.78, 5) is 0. The lowest BCUT2D eigenvalue weighted by atomic mass is 9.84. The van der Waals surface area contributed by atoms with Crippen molar-refractivity contribution in [2.75, 3.05) is 5.32 Å². The zero-order chi connectivity index (χ0) is 8.77. The summed E-state index contributed by atoms with van der Waals surface area (Å²) in [7, 11) is 0. The van der Waals surface area contributed by atoms with Gasteiger partial charge in [-0.1, -0.05) is 19.9 Å². The van der Waals surface area contributed by atoms with Crippen LogP contribution in [0.1, 0.15) is 25.2 Å². The Hall–Kier alpha value is -1.18. The number of nitrogens with one attached hydrogen (secondary N) is 1. The molecule has 0 aliphatic carbocycles. The van der Waals surface area contributed by atoms with Crippen LogP contribution in [0.3, 0.4) is 0 Å². The van der Waals surface area contributed by atoms with Crippen LogP contribution in [-0.4, -0.2) is 0 Å². The SMILES string of the molecule is Cc1cc2c(o1)NC=CC2(C)C. The third-order valence-corrected chi connectivity index (χ3v) is 2.26. The second-order valence-corrected chi connectivity index (χ2v) is 3.80. The summed E-state index contributed by atoms with van der Waals surface area (Å²) in [6.45, 7) is 6.33.